The van der Waals surface area contributed by atoms with Gasteiger partial charge in [0.1, 0.15) is 11.5 Å². The number of aromatic nitrogens is 1. The van der Waals surface area contributed by atoms with Gasteiger partial charge in [-0.25, -0.2) is 4.79 Å². The normalized spacial score (nSPS) is 11.6. The highest BCUT2D eigenvalue weighted by Crippen LogP contribution is 2.33. The molecule has 3 rings (SSSR count). The number of hydrogen-bond acceptors (Lipinski definition) is 3. The number of ether oxygens (including phenoxy) is 2. The molecule has 2 aromatic carbocycles. The van der Waals surface area contributed by atoms with Crippen LogP contribution in [0.1, 0.15) is 20.8 Å². The molecular formula is C21H27N3O3. The smallest absolute Gasteiger partial charge is 0.315 e. The minimum absolute atomic E-state index is 0.168. The third-order valence-corrected chi connectivity index (χ3v) is 4.39. The van der Waals surface area contributed by atoms with E-state index in [1.807, 2.05) is 45.0 Å². The van der Waals surface area contributed by atoms with Crippen molar-refractivity contribution in [3.05, 3.63) is 36.4 Å². The van der Waals surface area contributed by atoms with Crippen LogP contribution in [0, 0.1) is 0 Å². The molecule has 0 spiro atoms. The number of hydrogen-bond donors (Lipinski definition) is 2. The van der Waals surface area contributed by atoms with Crippen molar-refractivity contribution >= 4 is 27.8 Å². The fourth-order valence-corrected chi connectivity index (χ4v) is 3.22. The van der Waals surface area contributed by atoms with Crippen molar-refractivity contribution in [3.8, 4) is 11.5 Å². The second-order valence-corrected chi connectivity index (χ2v) is 7.55. The van der Waals surface area contributed by atoms with Crippen LogP contribution in [0.25, 0.3) is 21.8 Å². The molecule has 6 nitrogen and oxygen atoms in total. The number of carbonyl (C=O) groups excluding carboxylic acids is 1. The number of fused-ring (bicyclic) bond motifs is 3. The monoisotopic (exact) mass is 369 g/mol. The molecule has 0 unspecified atom stereocenters. The summed E-state index contributed by atoms with van der Waals surface area (Å²) in [5, 5.41) is 8.13. The minimum Gasteiger partial charge on any atom is -0.497 e. The lowest BCUT2D eigenvalue weighted by molar-refractivity contribution is 0.231. The molecular weight excluding hydrogens is 342 g/mol. The second-order valence-electron chi connectivity index (χ2n) is 7.55. The Bertz CT molecular complexity index is 909. The topological polar surface area (TPSA) is 64.5 Å². The van der Waals surface area contributed by atoms with E-state index in [1.54, 1.807) is 14.2 Å². The Hall–Kier alpha value is -2.89. The second kappa shape index (κ2) is 7.39. The largest absolute Gasteiger partial charge is 0.497 e. The lowest BCUT2D eigenvalue weighted by Gasteiger charge is -2.21. The summed E-state index contributed by atoms with van der Waals surface area (Å²) >= 11 is 0. The lowest BCUT2D eigenvalue weighted by Crippen LogP contribution is -2.47. The molecule has 144 valence electrons. The third-order valence-electron chi connectivity index (χ3n) is 4.39. The van der Waals surface area contributed by atoms with Crippen molar-refractivity contribution < 1.29 is 14.3 Å². The third kappa shape index (κ3) is 4.10. The highest BCUT2D eigenvalue weighted by Gasteiger charge is 2.15. The molecule has 6 heteroatoms. The predicted octanol–water partition coefficient (Wildman–Crippen LogP) is 3.91. The first-order chi connectivity index (χ1) is 12.8. The van der Waals surface area contributed by atoms with Gasteiger partial charge in [-0.15, -0.1) is 0 Å². The van der Waals surface area contributed by atoms with Crippen LogP contribution in [0.2, 0.25) is 0 Å². The Morgan fingerprint density at radius 1 is 0.963 bits per heavy atom. The van der Waals surface area contributed by atoms with Crippen molar-refractivity contribution in [2.45, 2.75) is 32.9 Å². The molecule has 1 aromatic heterocycles. The Labute approximate surface area is 159 Å². The zero-order valence-corrected chi connectivity index (χ0v) is 16.6. The first kappa shape index (κ1) is 18.9. The van der Waals surface area contributed by atoms with Gasteiger partial charge in [-0.2, -0.15) is 0 Å². The molecule has 0 saturated heterocycles. The quantitative estimate of drug-likeness (QED) is 0.717. The molecule has 3 aromatic rings. The van der Waals surface area contributed by atoms with Crippen LogP contribution in [-0.2, 0) is 6.54 Å². The van der Waals surface area contributed by atoms with E-state index >= 15 is 0 Å². The van der Waals surface area contributed by atoms with Crippen LogP contribution in [-0.4, -0.2) is 36.9 Å². The van der Waals surface area contributed by atoms with Gasteiger partial charge in [-0.1, -0.05) is 0 Å². The van der Waals surface area contributed by atoms with Gasteiger partial charge >= 0.3 is 6.03 Å². The average molecular weight is 369 g/mol. The number of nitrogens with zero attached hydrogens (tertiary/aromatic N) is 1. The van der Waals surface area contributed by atoms with Crippen molar-refractivity contribution in [1.82, 2.24) is 15.2 Å². The van der Waals surface area contributed by atoms with Gasteiger partial charge in [0.05, 0.1) is 25.3 Å². The summed E-state index contributed by atoms with van der Waals surface area (Å²) in [5.41, 5.74) is 1.86. The molecule has 2 amide bonds. The Balaban J connectivity index is 1.94. The van der Waals surface area contributed by atoms with Gasteiger partial charge < -0.3 is 24.7 Å². The molecule has 0 radical (unpaired) electrons. The molecule has 1 heterocycles. The van der Waals surface area contributed by atoms with Crippen LogP contribution in [0.3, 0.4) is 0 Å². The number of methoxy groups -OCH3 is 2. The molecule has 0 aliphatic heterocycles. The molecule has 0 saturated carbocycles. The van der Waals surface area contributed by atoms with Crippen LogP contribution >= 0.6 is 0 Å². The number of amides is 2. The Morgan fingerprint density at radius 3 is 1.93 bits per heavy atom. The molecule has 0 bridgehead atoms. The summed E-state index contributed by atoms with van der Waals surface area (Å²) in [6, 6.07) is 11.9. The van der Waals surface area contributed by atoms with Crippen LogP contribution < -0.4 is 20.1 Å². The number of rotatable bonds is 5. The molecule has 27 heavy (non-hydrogen) atoms. The van der Waals surface area contributed by atoms with Crippen LogP contribution in [0.4, 0.5) is 4.79 Å². The van der Waals surface area contributed by atoms with Crippen molar-refractivity contribution in [2.75, 3.05) is 20.8 Å². The van der Waals surface area contributed by atoms with E-state index in [4.69, 9.17) is 9.47 Å². The summed E-state index contributed by atoms with van der Waals surface area (Å²) in [6.45, 7) is 7.02. The zero-order chi connectivity index (χ0) is 19.6. The minimum atomic E-state index is -0.266. The van der Waals surface area contributed by atoms with Gasteiger partial charge in [0.2, 0.25) is 0 Å². The summed E-state index contributed by atoms with van der Waals surface area (Å²) in [5.74, 6) is 1.61. The maximum atomic E-state index is 12.0. The number of urea groups is 1. The molecule has 0 aliphatic rings. The van der Waals surface area contributed by atoms with E-state index in [9.17, 15) is 4.79 Å². The lowest BCUT2D eigenvalue weighted by atomic mass is 10.1. The van der Waals surface area contributed by atoms with E-state index in [2.05, 4.69) is 27.3 Å². The van der Waals surface area contributed by atoms with Gasteiger partial charge in [0.15, 0.2) is 0 Å². The van der Waals surface area contributed by atoms with E-state index < -0.39 is 0 Å². The molecule has 0 fully saturated rings. The average Bonchev–Trinajstić information content (AvgIpc) is 2.92. The van der Waals surface area contributed by atoms with Gasteiger partial charge in [0.25, 0.3) is 0 Å². The summed E-state index contributed by atoms with van der Waals surface area (Å²) in [7, 11) is 3.32. The van der Waals surface area contributed by atoms with Gasteiger partial charge in [-0.3, -0.25) is 0 Å². The molecule has 0 atom stereocenters. The number of benzene rings is 2. The van der Waals surface area contributed by atoms with E-state index in [-0.39, 0.29) is 11.6 Å². The van der Waals surface area contributed by atoms with Crippen LogP contribution in [0.15, 0.2) is 36.4 Å². The fourth-order valence-electron chi connectivity index (χ4n) is 3.22. The van der Waals surface area contributed by atoms with Gasteiger partial charge in [0, 0.05) is 41.5 Å². The fraction of sp³-hybridized carbons (Fsp3) is 0.381. The van der Waals surface area contributed by atoms with E-state index in [0.717, 1.165) is 33.3 Å². The predicted molar refractivity (Wildman–Crippen MR) is 109 cm³/mol. The maximum absolute atomic E-state index is 12.0. The van der Waals surface area contributed by atoms with Crippen molar-refractivity contribution in [1.29, 1.82) is 0 Å². The summed E-state index contributed by atoms with van der Waals surface area (Å²) in [6.07, 6.45) is 0. The molecule has 0 aliphatic carbocycles. The summed E-state index contributed by atoms with van der Waals surface area (Å²) < 4.78 is 13.0. The SMILES string of the molecule is COc1ccc2c3ccc(OC)cc3n(CCNC(=O)NC(C)(C)C)c2c1. The maximum Gasteiger partial charge on any atom is 0.315 e. The number of carbonyl (C=O) groups is 1. The first-order valence-corrected chi connectivity index (χ1v) is 9.02. The number of nitrogens with one attached hydrogen (secondary N) is 2. The first-order valence-electron chi connectivity index (χ1n) is 9.02. The van der Waals surface area contributed by atoms with E-state index in [0.29, 0.717) is 13.1 Å². The van der Waals surface area contributed by atoms with Crippen molar-refractivity contribution in [2.24, 2.45) is 0 Å². The standard InChI is InChI=1S/C21H27N3O3/c1-21(2,3)23-20(25)22-10-11-24-18-12-14(26-4)6-8-16(18)17-9-7-15(27-5)13-19(17)24/h6-9,12-13H,10-11H2,1-5H3,(H2,22,23,25). The highest BCUT2D eigenvalue weighted by molar-refractivity contribution is 6.08. The van der Waals surface area contributed by atoms with E-state index in [1.165, 1.54) is 0 Å². The highest BCUT2D eigenvalue weighted by atomic mass is 16.5. The Morgan fingerprint density at radius 2 is 1.48 bits per heavy atom. The van der Waals surface area contributed by atoms with Crippen LogP contribution in [0.5, 0.6) is 11.5 Å². The molecule has 2 N–H and O–H groups in total. The Kier molecular flexibility index (Phi) is 5.17. The van der Waals surface area contributed by atoms with Crippen molar-refractivity contribution in [3.63, 3.8) is 0 Å². The van der Waals surface area contributed by atoms with Gasteiger partial charge in [-0.05, 0) is 45.0 Å². The zero-order valence-electron chi connectivity index (χ0n) is 16.6. The summed E-state index contributed by atoms with van der Waals surface area (Å²) in [4.78, 5) is 12.0.